The summed E-state index contributed by atoms with van der Waals surface area (Å²) in [6, 6.07) is -0.703. The van der Waals surface area contributed by atoms with Gasteiger partial charge in [0.1, 0.15) is 16.2 Å². The van der Waals surface area contributed by atoms with Crippen molar-refractivity contribution in [2.75, 3.05) is 14.1 Å². The molecular formula is C14H17Cl5N2O2. The lowest BCUT2D eigenvalue weighted by molar-refractivity contribution is -0.149. The molecule has 1 rings (SSSR count). The number of alkyl halides is 3. The summed E-state index contributed by atoms with van der Waals surface area (Å²) in [5.41, 5.74) is 0.671. The quantitative estimate of drug-likeness (QED) is 0.503. The SMILES string of the molecule is CC(C=C1C(=O)N(C)C(CC(C)C(Cl)(Cl)Cl)C(=O)N1C)=C(Cl)Cl. The minimum Gasteiger partial charge on any atom is -0.328 e. The van der Waals surface area contributed by atoms with Crippen LogP contribution in [0.4, 0.5) is 0 Å². The van der Waals surface area contributed by atoms with Gasteiger partial charge in [-0.2, -0.15) is 0 Å². The van der Waals surface area contributed by atoms with E-state index in [0.29, 0.717) is 5.57 Å². The van der Waals surface area contributed by atoms with Crippen LogP contribution in [0.15, 0.2) is 21.8 Å². The monoisotopic (exact) mass is 420 g/mol. The van der Waals surface area contributed by atoms with Crippen molar-refractivity contribution < 1.29 is 9.59 Å². The van der Waals surface area contributed by atoms with E-state index >= 15 is 0 Å². The van der Waals surface area contributed by atoms with Crippen LogP contribution >= 0.6 is 58.0 Å². The van der Waals surface area contributed by atoms with E-state index in [-0.39, 0.29) is 28.4 Å². The molecule has 1 saturated heterocycles. The van der Waals surface area contributed by atoms with Crippen LogP contribution in [-0.4, -0.2) is 45.5 Å². The number of carbonyl (C=O) groups excluding carboxylic acids is 2. The van der Waals surface area contributed by atoms with Crippen LogP contribution < -0.4 is 0 Å². The highest BCUT2D eigenvalue weighted by molar-refractivity contribution is 6.67. The van der Waals surface area contributed by atoms with Gasteiger partial charge in [0.25, 0.3) is 5.91 Å². The van der Waals surface area contributed by atoms with Gasteiger partial charge in [-0.1, -0.05) is 64.9 Å². The molecule has 0 aromatic heterocycles. The summed E-state index contributed by atoms with van der Waals surface area (Å²) in [7, 11) is 3.06. The first-order chi connectivity index (χ1) is 10.4. The molecule has 0 bridgehead atoms. The van der Waals surface area contributed by atoms with E-state index in [1.54, 1.807) is 13.8 Å². The van der Waals surface area contributed by atoms with Crippen molar-refractivity contribution in [2.45, 2.75) is 30.1 Å². The molecule has 23 heavy (non-hydrogen) atoms. The minimum atomic E-state index is -1.51. The number of hydrogen-bond acceptors (Lipinski definition) is 2. The van der Waals surface area contributed by atoms with Crippen LogP contribution in [0.25, 0.3) is 0 Å². The van der Waals surface area contributed by atoms with E-state index in [9.17, 15) is 9.59 Å². The first-order valence-electron chi connectivity index (χ1n) is 6.73. The van der Waals surface area contributed by atoms with E-state index in [0.717, 1.165) is 0 Å². The Hall–Kier alpha value is -0.130. The number of nitrogens with zero attached hydrogens (tertiary/aromatic N) is 2. The molecule has 4 nitrogen and oxygen atoms in total. The standard InChI is InChI=1S/C14H17Cl5N2O2/c1-7(11(15)16)5-9-12(22)21(4)10(13(23)20(9)3)6-8(2)14(17,18)19/h5,8,10H,6H2,1-4H3. The highest BCUT2D eigenvalue weighted by Crippen LogP contribution is 2.38. The summed E-state index contributed by atoms with van der Waals surface area (Å²) in [5, 5.41) is 0. The summed E-state index contributed by atoms with van der Waals surface area (Å²) in [6.07, 6.45) is 1.71. The van der Waals surface area contributed by atoms with Crippen LogP contribution in [0.2, 0.25) is 0 Å². The third-order valence-electron chi connectivity index (χ3n) is 3.77. The summed E-state index contributed by atoms with van der Waals surface area (Å²) in [4.78, 5) is 27.7. The number of hydrogen-bond donors (Lipinski definition) is 0. The molecule has 0 aromatic carbocycles. The van der Waals surface area contributed by atoms with Crippen LogP contribution in [0.3, 0.4) is 0 Å². The summed E-state index contributed by atoms with van der Waals surface area (Å²) in [6.45, 7) is 3.36. The molecule has 9 heteroatoms. The lowest BCUT2D eigenvalue weighted by atomic mass is 9.98. The van der Waals surface area contributed by atoms with Gasteiger partial charge in [-0.05, 0) is 25.0 Å². The van der Waals surface area contributed by atoms with Crippen molar-refractivity contribution in [1.82, 2.24) is 9.80 Å². The van der Waals surface area contributed by atoms with Crippen LogP contribution in [0.5, 0.6) is 0 Å². The molecule has 0 radical (unpaired) electrons. The van der Waals surface area contributed by atoms with Gasteiger partial charge in [0, 0.05) is 20.0 Å². The largest absolute Gasteiger partial charge is 0.328 e. The molecule has 1 aliphatic heterocycles. The van der Waals surface area contributed by atoms with Gasteiger partial charge in [-0.3, -0.25) is 9.59 Å². The third kappa shape index (κ3) is 4.93. The van der Waals surface area contributed by atoms with Gasteiger partial charge in [0.05, 0.1) is 0 Å². The second-order valence-corrected chi connectivity index (χ2v) is 8.80. The molecule has 1 heterocycles. The molecule has 0 spiro atoms. The maximum Gasteiger partial charge on any atom is 0.270 e. The van der Waals surface area contributed by atoms with E-state index in [1.807, 2.05) is 0 Å². The first kappa shape index (κ1) is 20.9. The molecule has 2 unspecified atom stereocenters. The Bertz CT molecular complexity index is 564. The number of rotatable bonds is 3. The average molecular weight is 423 g/mol. The zero-order chi connectivity index (χ0) is 18.1. The number of piperazine rings is 1. The van der Waals surface area contributed by atoms with E-state index in [4.69, 9.17) is 58.0 Å². The van der Waals surface area contributed by atoms with Gasteiger partial charge in [-0.15, -0.1) is 0 Å². The molecule has 2 amide bonds. The van der Waals surface area contributed by atoms with Gasteiger partial charge >= 0.3 is 0 Å². The minimum absolute atomic E-state index is 0.0285. The van der Waals surface area contributed by atoms with Gasteiger partial charge in [0.15, 0.2) is 3.79 Å². The van der Waals surface area contributed by atoms with Gasteiger partial charge in [-0.25, -0.2) is 0 Å². The summed E-state index contributed by atoms with van der Waals surface area (Å²) >= 11 is 29.0. The summed E-state index contributed by atoms with van der Waals surface area (Å²) in [5.74, 6) is -1.00. The van der Waals surface area contributed by atoms with Crippen molar-refractivity contribution in [3.8, 4) is 0 Å². The highest BCUT2D eigenvalue weighted by Gasteiger charge is 2.42. The number of amides is 2. The Labute approximate surface area is 160 Å². The van der Waals surface area contributed by atoms with E-state index < -0.39 is 15.8 Å². The predicted octanol–water partition coefficient (Wildman–Crippen LogP) is 4.27. The lowest BCUT2D eigenvalue weighted by Crippen LogP contribution is -2.56. The topological polar surface area (TPSA) is 40.6 Å². The number of carbonyl (C=O) groups is 2. The van der Waals surface area contributed by atoms with Gasteiger partial charge in [0.2, 0.25) is 5.91 Å². The van der Waals surface area contributed by atoms with E-state index in [1.165, 1.54) is 30.0 Å². The molecule has 1 aliphatic rings. The molecule has 0 aliphatic carbocycles. The number of halogens is 5. The third-order valence-corrected chi connectivity index (χ3v) is 5.48. The fourth-order valence-electron chi connectivity index (χ4n) is 2.12. The van der Waals surface area contributed by atoms with E-state index in [2.05, 4.69) is 0 Å². The Kier molecular flexibility index (Phi) is 7.12. The lowest BCUT2D eigenvalue weighted by Gasteiger charge is -2.39. The van der Waals surface area contributed by atoms with Crippen LogP contribution in [-0.2, 0) is 9.59 Å². The second kappa shape index (κ2) is 7.83. The Morgan fingerprint density at radius 2 is 1.78 bits per heavy atom. The fraction of sp³-hybridized carbons (Fsp3) is 0.571. The zero-order valence-electron chi connectivity index (χ0n) is 13.0. The highest BCUT2D eigenvalue weighted by atomic mass is 35.6. The molecule has 0 aromatic rings. The van der Waals surface area contributed by atoms with Crippen LogP contribution in [0, 0.1) is 5.92 Å². The maximum atomic E-state index is 12.6. The van der Waals surface area contributed by atoms with Crippen LogP contribution in [0.1, 0.15) is 20.3 Å². The molecule has 1 fully saturated rings. The molecular weight excluding hydrogens is 405 g/mol. The van der Waals surface area contributed by atoms with Crippen molar-refractivity contribution >= 4 is 69.8 Å². The normalized spacial score (nSPS) is 22.7. The van der Waals surface area contributed by atoms with Crippen molar-refractivity contribution in [2.24, 2.45) is 5.92 Å². The summed E-state index contributed by atoms with van der Waals surface area (Å²) < 4.78 is -1.48. The second-order valence-electron chi connectivity index (χ2n) is 5.48. The number of likely N-dealkylation sites (N-methyl/N-ethyl adjacent to an activating group) is 2. The Balaban J connectivity index is 3.12. The van der Waals surface area contributed by atoms with Crippen molar-refractivity contribution in [3.63, 3.8) is 0 Å². The Morgan fingerprint density at radius 1 is 1.26 bits per heavy atom. The molecule has 130 valence electrons. The van der Waals surface area contributed by atoms with Gasteiger partial charge < -0.3 is 9.80 Å². The fourth-order valence-corrected chi connectivity index (χ4v) is 2.50. The first-order valence-corrected chi connectivity index (χ1v) is 8.61. The average Bonchev–Trinajstić information content (AvgIpc) is 2.44. The molecule has 0 N–H and O–H groups in total. The molecule has 2 atom stereocenters. The van der Waals surface area contributed by atoms with Crippen molar-refractivity contribution in [1.29, 1.82) is 0 Å². The molecule has 0 saturated carbocycles. The van der Waals surface area contributed by atoms with Crippen molar-refractivity contribution in [3.05, 3.63) is 21.8 Å². The Morgan fingerprint density at radius 3 is 2.22 bits per heavy atom. The number of allylic oxidation sites excluding steroid dienone is 2. The zero-order valence-corrected chi connectivity index (χ0v) is 16.8. The smallest absolute Gasteiger partial charge is 0.270 e. The predicted molar refractivity (Wildman–Crippen MR) is 95.9 cm³/mol. The maximum absolute atomic E-state index is 12.6.